The molecule has 4 unspecified atom stereocenters. The van der Waals surface area contributed by atoms with Gasteiger partial charge >= 0.3 is 0 Å². The van der Waals surface area contributed by atoms with E-state index in [2.05, 4.69) is 140 Å². The fraction of sp³-hybridized carbons (Fsp3) is 0.302. The van der Waals surface area contributed by atoms with Crippen molar-refractivity contribution < 1.29 is 0 Å². The van der Waals surface area contributed by atoms with Gasteiger partial charge in [-0.3, -0.25) is 0 Å². The molecular formula is C43H50N4. The van der Waals surface area contributed by atoms with E-state index in [4.69, 9.17) is 11.5 Å². The molecule has 1 aliphatic heterocycles. The highest BCUT2D eigenvalue weighted by Gasteiger charge is 2.28. The van der Waals surface area contributed by atoms with Gasteiger partial charge in [0.1, 0.15) is 0 Å². The summed E-state index contributed by atoms with van der Waals surface area (Å²) < 4.78 is 0. The highest BCUT2D eigenvalue weighted by atomic mass is 15.0. The topological polar surface area (TPSA) is 79.9 Å². The molecule has 6 N–H and O–H groups in total. The van der Waals surface area contributed by atoms with Crippen LogP contribution in [0.5, 0.6) is 0 Å². The van der Waals surface area contributed by atoms with Crippen molar-refractivity contribution in [3.8, 4) is 0 Å². The number of aromatic nitrogens is 1. The Morgan fingerprint density at radius 2 is 1.87 bits per heavy atom. The summed E-state index contributed by atoms with van der Waals surface area (Å²) in [5, 5.41) is 3.63. The number of benzene rings is 1. The summed E-state index contributed by atoms with van der Waals surface area (Å²) in [6.45, 7) is 5.33. The first-order valence-electron chi connectivity index (χ1n) is 17.4. The van der Waals surface area contributed by atoms with Crippen molar-refractivity contribution in [2.24, 2.45) is 23.3 Å². The van der Waals surface area contributed by atoms with Crippen LogP contribution in [-0.4, -0.2) is 11.5 Å². The van der Waals surface area contributed by atoms with E-state index in [1.807, 2.05) is 6.20 Å². The number of hydrogen-bond acceptors (Lipinski definition) is 3. The molecular weight excluding hydrogens is 573 g/mol. The predicted molar refractivity (Wildman–Crippen MR) is 200 cm³/mol. The number of nitrogens with one attached hydrogen (secondary N) is 2. The molecule has 0 amide bonds. The van der Waals surface area contributed by atoms with Crippen LogP contribution in [-0.2, 0) is 0 Å². The molecule has 1 aromatic heterocycles. The third kappa shape index (κ3) is 7.96. The predicted octanol–water partition coefficient (Wildman–Crippen LogP) is 9.63. The van der Waals surface area contributed by atoms with Crippen molar-refractivity contribution in [1.29, 1.82) is 0 Å². The summed E-state index contributed by atoms with van der Waals surface area (Å²) in [6, 6.07) is 11.2. The Morgan fingerprint density at radius 1 is 1.02 bits per heavy atom. The van der Waals surface area contributed by atoms with E-state index in [0.29, 0.717) is 11.8 Å². The molecule has 0 saturated carbocycles. The molecule has 0 bridgehead atoms. The van der Waals surface area contributed by atoms with Crippen molar-refractivity contribution in [2.45, 2.75) is 64.5 Å². The molecule has 0 fully saturated rings. The minimum atomic E-state index is -0.0395. The summed E-state index contributed by atoms with van der Waals surface area (Å²) in [5.41, 5.74) is 25.5. The third-order valence-corrected chi connectivity index (χ3v) is 9.74. The van der Waals surface area contributed by atoms with E-state index in [0.717, 1.165) is 55.5 Å². The summed E-state index contributed by atoms with van der Waals surface area (Å²) in [4.78, 5) is 3.39. The van der Waals surface area contributed by atoms with Gasteiger partial charge in [-0.2, -0.15) is 0 Å². The van der Waals surface area contributed by atoms with Gasteiger partial charge < -0.3 is 21.8 Å². The zero-order valence-electron chi connectivity index (χ0n) is 28.0. The van der Waals surface area contributed by atoms with Crippen LogP contribution in [0.3, 0.4) is 0 Å². The Labute approximate surface area is 281 Å². The molecule has 3 aliphatic carbocycles. The molecule has 2 heterocycles. The van der Waals surface area contributed by atoms with E-state index in [1.54, 1.807) is 0 Å². The molecule has 0 saturated heterocycles. The Kier molecular flexibility index (Phi) is 10.7. The van der Waals surface area contributed by atoms with Gasteiger partial charge in [-0.25, -0.2) is 0 Å². The highest BCUT2D eigenvalue weighted by molar-refractivity contribution is 5.76. The maximum Gasteiger partial charge on any atom is 0.0740 e. The first-order chi connectivity index (χ1) is 23.0. The van der Waals surface area contributed by atoms with Crippen LogP contribution in [0.25, 0.3) is 11.6 Å². The van der Waals surface area contributed by atoms with Crippen molar-refractivity contribution in [1.82, 2.24) is 10.3 Å². The molecule has 0 spiro atoms. The molecule has 0 radical (unpaired) electrons. The lowest BCUT2D eigenvalue weighted by molar-refractivity contribution is 0.476. The van der Waals surface area contributed by atoms with Crippen LogP contribution in [0, 0.1) is 11.8 Å². The molecule has 6 rings (SSSR count). The Balaban J connectivity index is 1.09. The lowest BCUT2D eigenvalue weighted by atomic mass is 9.83. The summed E-state index contributed by atoms with van der Waals surface area (Å²) >= 11 is 0. The first-order valence-corrected chi connectivity index (χ1v) is 17.4. The molecule has 242 valence electrons. The Morgan fingerprint density at radius 3 is 2.66 bits per heavy atom. The largest absolute Gasteiger partial charge is 0.398 e. The molecule has 47 heavy (non-hydrogen) atoms. The van der Waals surface area contributed by atoms with Crippen molar-refractivity contribution >= 4 is 11.6 Å². The van der Waals surface area contributed by atoms with Crippen LogP contribution in [0.2, 0.25) is 0 Å². The third-order valence-electron chi connectivity index (χ3n) is 9.74. The maximum atomic E-state index is 6.78. The molecule has 4 heteroatoms. The van der Waals surface area contributed by atoms with Gasteiger partial charge in [0.2, 0.25) is 0 Å². The van der Waals surface area contributed by atoms with Crippen molar-refractivity contribution in [3.05, 3.63) is 166 Å². The minimum absolute atomic E-state index is 0.0395. The zero-order chi connectivity index (χ0) is 32.6. The van der Waals surface area contributed by atoms with Crippen LogP contribution < -0.4 is 16.8 Å². The number of unbranched alkanes of at least 4 members (excludes halogenated alkanes) is 1. The van der Waals surface area contributed by atoms with Crippen LogP contribution in [0.1, 0.15) is 86.8 Å². The van der Waals surface area contributed by atoms with Gasteiger partial charge in [0.25, 0.3) is 0 Å². The molecule has 2 aromatic rings. The van der Waals surface area contributed by atoms with Crippen LogP contribution in [0.15, 0.2) is 144 Å². The standard InChI is InChI=1S/C43H50N4/c1-3-4-7-13-31-25-32(26-31)27-38(28-40(44)34-14-9-6-10-15-34)33-17-19-35(20-18-33)41(45)30(2)12-8-5-11-16-37-29-47-43-39(37)22-21-36-23-24-46-42(36)43/h5,7-9,11,13-25,27-28,30,32,41,43,46-47H,3-4,6,10,12,26,29,44-45H2,1-2H3/b8-5-,13-7-,16-11?,38-27+,40-28-. The smallest absolute Gasteiger partial charge is 0.0740 e. The van der Waals surface area contributed by atoms with E-state index < -0.39 is 0 Å². The maximum absolute atomic E-state index is 6.78. The van der Waals surface area contributed by atoms with Gasteiger partial charge in [0.05, 0.1) is 6.04 Å². The summed E-state index contributed by atoms with van der Waals surface area (Å²) in [5.74, 6) is 0.732. The van der Waals surface area contributed by atoms with Crippen LogP contribution >= 0.6 is 0 Å². The van der Waals surface area contributed by atoms with Crippen molar-refractivity contribution in [3.63, 3.8) is 0 Å². The lowest BCUT2D eigenvalue weighted by Gasteiger charge is -2.22. The van der Waals surface area contributed by atoms with E-state index >= 15 is 0 Å². The first kappa shape index (κ1) is 32.6. The van der Waals surface area contributed by atoms with Gasteiger partial charge in [0, 0.05) is 36.1 Å². The number of rotatable bonds is 13. The fourth-order valence-corrected chi connectivity index (χ4v) is 6.79. The SMILES string of the molecule is CCC/C=C\C1=CC(/C=C(\C=C(/N)C2=CCCC=C2)c2ccc(C(N)C(C)C/C=C\C=CC3=C4C=Cc5cc[nH]c5C4NC3)cc2)C1. The number of H-pyrrole nitrogens is 1. The second kappa shape index (κ2) is 15.5. The van der Waals surface area contributed by atoms with Gasteiger partial charge in [-0.15, -0.1) is 0 Å². The Bertz CT molecular complexity index is 1730. The van der Waals surface area contributed by atoms with Gasteiger partial charge in [0.15, 0.2) is 0 Å². The van der Waals surface area contributed by atoms with E-state index in [1.165, 1.54) is 45.5 Å². The fourth-order valence-electron chi connectivity index (χ4n) is 6.79. The monoisotopic (exact) mass is 622 g/mol. The normalized spacial score (nSPS) is 22.5. The molecule has 4 nitrogen and oxygen atoms in total. The number of hydrogen-bond donors (Lipinski definition) is 4. The zero-order valence-corrected chi connectivity index (χ0v) is 28.0. The highest BCUT2D eigenvalue weighted by Crippen LogP contribution is 2.37. The van der Waals surface area contributed by atoms with E-state index in [9.17, 15) is 0 Å². The summed E-state index contributed by atoms with van der Waals surface area (Å²) in [7, 11) is 0. The molecule has 4 aliphatic rings. The van der Waals surface area contributed by atoms with Gasteiger partial charge in [-0.1, -0.05) is 129 Å². The number of aromatic amines is 1. The van der Waals surface area contributed by atoms with E-state index in [-0.39, 0.29) is 12.1 Å². The van der Waals surface area contributed by atoms with Crippen LogP contribution in [0.4, 0.5) is 0 Å². The van der Waals surface area contributed by atoms with Crippen molar-refractivity contribution in [2.75, 3.05) is 6.54 Å². The number of fused-ring (bicyclic) bond motifs is 3. The average molecular weight is 623 g/mol. The minimum Gasteiger partial charge on any atom is -0.398 e. The Hall–Kier alpha value is -4.38. The average Bonchev–Trinajstić information content (AvgIpc) is 3.73. The second-order valence-corrected chi connectivity index (χ2v) is 13.3. The van der Waals surface area contributed by atoms with Gasteiger partial charge in [-0.05, 0) is 89.1 Å². The number of allylic oxidation sites excluding steroid dienone is 13. The molecule has 1 aromatic carbocycles. The quantitative estimate of drug-likeness (QED) is 0.168. The molecule has 4 atom stereocenters. The second-order valence-electron chi connectivity index (χ2n) is 13.3. The summed E-state index contributed by atoms with van der Waals surface area (Å²) in [6.07, 6.45) is 39.7. The lowest BCUT2D eigenvalue weighted by Crippen LogP contribution is -2.18. The number of nitrogens with two attached hydrogens (primary N) is 2.